The van der Waals surface area contributed by atoms with Crippen LogP contribution in [0.1, 0.15) is 33.1 Å². The van der Waals surface area contributed by atoms with Gasteiger partial charge in [-0.25, -0.2) is 0 Å². The van der Waals surface area contributed by atoms with E-state index in [1.165, 1.54) is 0 Å². The second kappa shape index (κ2) is 7.94. The van der Waals surface area contributed by atoms with Gasteiger partial charge >= 0.3 is 11.9 Å². The molecule has 0 radical (unpaired) electrons. The van der Waals surface area contributed by atoms with Gasteiger partial charge < -0.3 is 14.6 Å². The zero-order valence-corrected chi connectivity index (χ0v) is 11.5. The van der Waals surface area contributed by atoms with Crippen LogP contribution < -0.4 is 0 Å². The first-order chi connectivity index (χ1) is 9.11. The molecule has 0 amide bonds. The molecule has 0 saturated heterocycles. The lowest BCUT2D eigenvalue weighted by molar-refractivity contribution is -0.169. The number of hydrogen-bond donors (Lipinski definition) is 1. The van der Waals surface area contributed by atoms with E-state index in [0.29, 0.717) is 6.42 Å². The summed E-state index contributed by atoms with van der Waals surface area (Å²) < 4.78 is 9.73. The van der Waals surface area contributed by atoms with E-state index >= 15 is 0 Å². The average Bonchev–Trinajstić information content (AvgIpc) is 2.40. The highest BCUT2D eigenvalue weighted by molar-refractivity contribution is 5.95. The molecule has 0 aromatic heterocycles. The van der Waals surface area contributed by atoms with E-state index in [2.05, 4.69) is 0 Å². The number of aliphatic hydroxyl groups is 1. The van der Waals surface area contributed by atoms with Gasteiger partial charge in [-0.3, -0.25) is 9.59 Å². The number of allylic oxidation sites excluding steroid dienone is 2. The van der Waals surface area contributed by atoms with Crippen LogP contribution in [0.3, 0.4) is 0 Å². The predicted molar refractivity (Wildman–Crippen MR) is 69.2 cm³/mol. The summed E-state index contributed by atoms with van der Waals surface area (Å²) in [6, 6.07) is 0. The highest BCUT2D eigenvalue weighted by Crippen LogP contribution is 2.27. The molecule has 19 heavy (non-hydrogen) atoms. The first-order valence-electron chi connectivity index (χ1n) is 6.78. The van der Waals surface area contributed by atoms with Crippen LogP contribution in [0.15, 0.2) is 12.2 Å². The molecule has 1 N–H and O–H groups in total. The lowest BCUT2D eigenvalue weighted by Gasteiger charge is -2.28. The molecule has 0 bridgehead atoms. The Hall–Kier alpha value is -1.36. The smallest absolute Gasteiger partial charge is 0.323 e. The Labute approximate surface area is 113 Å². The predicted octanol–water partition coefficient (Wildman–Crippen LogP) is 1.45. The minimum absolute atomic E-state index is 0.108. The molecule has 2 atom stereocenters. The van der Waals surface area contributed by atoms with E-state index in [4.69, 9.17) is 9.47 Å². The first-order valence-corrected chi connectivity index (χ1v) is 6.78. The molecule has 108 valence electrons. The van der Waals surface area contributed by atoms with Gasteiger partial charge in [-0.15, -0.1) is 0 Å². The van der Waals surface area contributed by atoms with Crippen LogP contribution in [0.5, 0.6) is 0 Å². The summed E-state index contributed by atoms with van der Waals surface area (Å²) in [7, 11) is 0. The van der Waals surface area contributed by atoms with Crippen LogP contribution in [0.4, 0.5) is 0 Å². The van der Waals surface area contributed by atoms with Crippen molar-refractivity contribution in [1.82, 2.24) is 0 Å². The maximum atomic E-state index is 11.8. The number of hydrogen-bond acceptors (Lipinski definition) is 5. The van der Waals surface area contributed by atoms with E-state index in [0.717, 1.165) is 12.8 Å². The molecule has 2 unspecified atom stereocenters. The Morgan fingerprint density at radius 3 is 2.21 bits per heavy atom. The van der Waals surface area contributed by atoms with Crippen LogP contribution in [0.25, 0.3) is 0 Å². The molecule has 5 heteroatoms. The lowest BCUT2D eigenvalue weighted by Crippen LogP contribution is -2.42. The highest BCUT2D eigenvalue weighted by Gasteiger charge is 2.40. The topological polar surface area (TPSA) is 72.8 Å². The molecule has 0 aliphatic heterocycles. The van der Waals surface area contributed by atoms with Gasteiger partial charge in [0, 0.05) is 0 Å². The minimum Gasteiger partial charge on any atom is -0.465 e. The summed E-state index contributed by atoms with van der Waals surface area (Å²) >= 11 is 0. The summed E-state index contributed by atoms with van der Waals surface area (Å²) in [5.74, 6) is -2.76. The number of rotatable bonds is 6. The van der Waals surface area contributed by atoms with Crippen molar-refractivity contribution in [3.05, 3.63) is 12.2 Å². The van der Waals surface area contributed by atoms with Crippen LogP contribution >= 0.6 is 0 Å². The van der Waals surface area contributed by atoms with E-state index in [1.54, 1.807) is 13.8 Å². The Kier molecular flexibility index (Phi) is 6.56. The lowest BCUT2D eigenvalue weighted by atomic mass is 9.83. The van der Waals surface area contributed by atoms with Gasteiger partial charge in [0.2, 0.25) is 0 Å². The molecule has 0 saturated carbocycles. The number of carbonyl (C=O) groups is 2. The molecule has 0 spiro atoms. The fourth-order valence-corrected chi connectivity index (χ4v) is 2.24. The SMILES string of the molecule is CCOC(=O)C(C(=O)OCC)C(O)C1CC=CCC1. The third-order valence-electron chi connectivity index (χ3n) is 3.22. The third-order valence-corrected chi connectivity index (χ3v) is 3.22. The number of ether oxygens (including phenoxy) is 2. The van der Waals surface area contributed by atoms with Crippen molar-refractivity contribution in [3.8, 4) is 0 Å². The van der Waals surface area contributed by atoms with Crippen molar-refractivity contribution < 1.29 is 24.2 Å². The molecule has 0 aromatic carbocycles. The minimum atomic E-state index is -1.24. The van der Waals surface area contributed by atoms with E-state index in [9.17, 15) is 14.7 Å². The fraction of sp³-hybridized carbons (Fsp3) is 0.714. The second-order valence-corrected chi connectivity index (χ2v) is 4.52. The van der Waals surface area contributed by atoms with Crippen molar-refractivity contribution in [2.75, 3.05) is 13.2 Å². The average molecular weight is 270 g/mol. The summed E-state index contributed by atoms with van der Waals surface area (Å²) in [6.45, 7) is 3.67. The Bertz CT molecular complexity index is 319. The standard InChI is InChI=1S/C14H22O5/c1-3-18-13(16)11(14(17)19-4-2)12(15)10-8-6-5-7-9-10/h5-6,10-12,15H,3-4,7-9H2,1-2H3. The summed E-state index contributed by atoms with van der Waals surface area (Å²) in [4.78, 5) is 23.7. The van der Waals surface area contributed by atoms with Crippen LogP contribution in [-0.2, 0) is 19.1 Å². The van der Waals surface area contributed by atoms with Crippen molar-refractivity contribution in [2.24, 2.45) is 11.8 Å². The Balaban J connectivity index is 2.78. The van der Waals surface area contributed by atoms with E-state index in [-0.39, 0.29) is 19.1 Å². The van der Waals surface area contributed by atoms with Gasteiger partial charge in [-0.1, -0.05) is 12.2 Å². The van der Waals surface area contributed by atoms with Crippen LogP contribution in [-0.4, -0.2) is 36.4 Å². The fourth-order valence-electron chi connectivity index (χ4n) is 2.24. The number of aliphatic hydroxyl groups excluding tert-OH is 1. The third kappa shape index (κ3) is 4.35. The molecule has 0 aromatic rings. The van der Waals surface area contributed by atoms with Gasteiger partial charge in [0.25, 0.3) is 0 Å². The molecule has 1 aliphatic carbocycles. The van der Waals surface area contributed by atoms with Gasteiger partial charge in [-0.2, -0.15) is 0 Å². The number of carbonyl (C=O) groups excluding carboxylic acids is 2. The Morgan fingerprint density at radius 1 is 1.21 bits per heavy atom. The molecule has 5 nitrogen and oxygen atoms in total. The molecule has 0 fully saturated rings. The van der Waals surface area contributed by atoms with E-state index in [1.807, 2.05) is 12.2 Å². The van der Waals surface area contributed by atoms with Crippen molar-refractivity contribution >= 4 is 11.9 Å². The second-order valence-electron chi connectivity index (χ2n) is 4.52. The van der Waals surface area contributed by atoms with Crippen LogP contribution in [0.2, 0.25) is 0 Å². The van der Waals surface area contributed by atoms with Gasteiger partial charge in [0.15, 0.2) is 5.92 Å². The molecule has 1 rings (SSSR count). The zero-order valence-electron chi connectivity index (χ0n) is 11.5. The van der Waals surface area contributed by atoms with Crippen LogP contribution in [0, 0.1) is 11.8 Å². The van der Waals surface area contributed by atoms with Crippen molar-refractivity contribution in [1.29, 1.82) is 0 Å². The summed E-state index contributed by atoms with van der Waals surface area (Å²) in [6.07, 6.45) is 5.21. The zero-order chi connectivity index (χ0) is 14.3. The molecular formula is C14H22O5. The van der Waals surface area contributed by atoms with Crippen molar-refractivity contribution in [2.45, 2.75) is 39.2 Å². The van der Waals surface area contributed by atoms with Gasteiger partial charge in [0.05, 0.1) is 19.3 Å². The van der Waals surface area contributed by atoms with Gasteiger partial charge in [-0.05, 0) is 39.0 Å². The highest BCUT2D eigenvalue weighted by atomic mass is 16.6. The first kappa shape index (κ1) is 15.7. The van der Waals surface area contributed by atoms with E-state index < -0.39 is 24.0 Å². The monoisotopic (exact) mass is 270 g/mol. The maximum Gasteiger partial charge on any atom is 0.323 e. The Morgan fingerprint density at radius 2 is 1.79 bits per heavy atom. The largest absolute Gasteiger partial charge is 0.465 e. The summed E-state index contributed by atoms with van der Waals surface area (Å²) in [5.41, 5.74) is 0. The molecule has 1 aliphatic rings. The molecular weight excluding hydrogens is 248 g/mol. The number of esters is 2. The van der Waals surface area contributed by atoms with Gasteiger partial charge in [0.1, 0.15) is 0 Å². The molecule has 0 heterocycles. The normalized spacial score (nSPS) is 20.1. The quantitative estimate of drug-likeness (QED) is 0.449. The van der Waals surface area contributed by atoms with Crippen molar-refractivity contribution in [3.63, 3.8) is 0 Å². The maximum absolute atomic E-state index is 11.8. The summed E-state index contributed by atoms with van der Waals surface area (Å²) in [5, 5.41) is 10.3.